The summed E-state index contributed by atoms with van der Waals surface area (Å²) in [4.78, 5) is 27.7. The number of aryl methyl sites for hydroxylation is 1. The third kappa shape index (κ3) is 3.69. The molecule has 1 heterocycles. The van der Waals surface area contributed by atoms with Gasteiger partial charge in [-0.3, -0.25) is 9.59 Å². The summed E-state index contributed by atoms with van der Waals surface area (Å²) >= 11 is 0. The van der Waals surface area contributed by atoms with Crippen LogP contribution in [0.5, 0.6) is 11.5 Å². The topological polar surface area (TPSA) is 67.9 Å². The molecule has 3 aromatic carbocycles. The molecular weight excluding hydrogens is 411 g/mol. The highest BCUT2D eigenvalue weighted by Crippen LogP contribution is 2.37. The first-order valence-corrected chi connectivity index (χ1v) is 9.88. The quantitative estimate of drug-likeness (QED) is 0.579. The van der Waals surface area contributed by atoms with Crippen LogP contribution in [-0.4, -0.2) is 26.0 Å². The van der Waals surface area contributed by atoms with Crippen molar-refractivity contribution in [3.63, 3.8) is 0 Å². The minimum atomic E-state index is -0.669. The highest BCUT2D eigenvalue weighted by atomic mass is 19.1. The summed E-state index contributed by atoms with van der Waals surface area (Å²) in [5, 5.41) is 3.04. The SMILES string of the molecule is COc1ccc(OC)c(NC2=C(c3ccc(C)cc3)C(=O)N(c3ccccc3F)C2=O)c1. The third-order valence-corrected chi connectivity index (χ3v) is 5.18. The van der Waals surface area contributed by atoms with Crippen LogP contribution in [0.2, 0.25) is 0 Å². The molecule has 0 unspecified atom stereocenters. The van der Waals surface area contributed by atoms with Crippen LogP contribution in [0.4, 0.5) is 15.8 Å². The molecule has 0 radical (unpaired) electrons. The van der Waals surface area contributed by atoms with E-state index in [1.165, 1.54) is 32.4 Å². The molecule has 0 aliphatic carbocycles. The summed E-state index contributed by atoms with van der Waals surface area (Å²) in [5.74, 6) is -0.966. The van der Waals surface area contributed by atoms with E-state index < -0.39 is 17.6 Å². The number of nitrogens with zero attached hydrogens (tertiary/aromatic N) is 1. The van der Waals surface area contributed by atoms with Crippen molar-refractivity contribution < 1.29 is 23.5 Å². The van der Waals surface area contributed by atoms with Crippen LogP contribution in [0.3, 0.4) is 0 Å². The van der Waals surface area contributed by atoms with Gasteiger partial charge >= 0.3 is 0 Å². The molecule has 0 saturated carbocycles. The molecule has 0 aromatic heterocycles. The molecule has 1 aliphatic rings. The molecule has 0 atom stereocenters. The molecule has 1 aliphatic heterocycles. The number of carbonyl (C=O) groups excluding carboxylic acids is 2. The number of benzene rings is 3. The number of hydrogen-bond donors (Lipinski definition) is 1. The molecule has 0 bridgehead atoms. The Morgan fingerprint density at radius 1 is 0.875 bits per heavy atom. The largest absolute Gasteiger partial charge is 0.497 e. The molecule has 0 fully saturated rings. The lowest BCUT2D eigenvalue weighted by atomic mass is 10.0. The van der Waals surface area contributed by atoms with Crippen molar-refractivity contribution >= 4 is 28.8 Å². The molecule has 0 spiro atoms. The standard InChI is InChI=1S/C25H21FN2O4/c1-15-8-10-16(11-9-15)22-23(27-19-14-17(31-2)12-13-21(19)32-3)25(30)28(24(22)29)20-7-5-4-6-18(20)26/h4-14,27H,1-3H3. The predicted octanol–water partition coefficient (Wildman–Crippen LogP) is 4.55. The molecule has 3 aromatic rings. The Labute approximate surface area is 184 Å². The van der Waals surface area contributed by atoms with Crippen molar-refractivity contribution in [2.45, 2.75) is 6.92 Å². The maximum atomic E-state index is 14.5. The minimum absolute atomic E-state index is 0.0219. The molecule has 6 nitrogen and oxygen atoms in total. The minimum Gasteiger partial charge on any atom is -0.497 e. The first kappa shape index (κ1) is 21.1. The number of hydrogen-bond acceptors (Lipinski definition) is 5. The van der Waals surface area contributed by atoms with E-state index >= 15 is 0 Å². The van der Waals surface area contributed by atoms with Gasteiger partial charge in [0.05, 0.1) is 31.2 Å². The molecule has 162 valence electrons. The van der Waals surface area contributed by atoms with Gasteiger partial charge in [0.25, 0.3) is 11.8 Å². The van der Waals surface area contributed by atoms with Gasteiger partial charge in [-0.05, 0) is 36.8 Å². The number of nitrogens with one attached hydrogen (secondary N) is 1. The van der Waals surface area contributed by atoms with E-state index in [1.807, 2.05) is 19.1 Å². The van der Waals surface area contributed by atoms with Crippen LogP contribution in [-0.2, 0) is 9.59 Å². The fourth-order valence-electron chi connectivity index (χ4n) is 3.53. The third-order valence-electron chi connectivity index (χ3n) is 5.18. The lowest BCUT2D eigenvalue weighted by Gasteiger charge is -2.16. The van der Waals surface area contributed by atoms with E-state index in [2.05, 4.69) is 5.32 Å². The number of carbonyl (C=O) groups is 2. The van der Waals surface area contributed by atoms with Crippen LogP contribution in [0.1, 0.15) is 11.1 Å². The number of amides is 2. The number of rotatable bonds is 6. The second-order valence-corrected chi connectivity index (χ2v) is 7.20. The zero-order chi connectivity index (χ0) is 22.8. The fraction of sp³-hybridized carbons (Fsp3) is 0.120. The second kappa shape index (κ2) is 8.55. The number of para-hydroxylation sites is 1. The van der Waals surface area contributed by atoms with Gasteiger partial charge in [-0.25, -0.2) is 9.29 Å². The number of imide groups is 1. The van der Waals surface area contributed by atoms with Crippen LogP contribution >= 0.6 is 0 Å². The van der Waals surface area contributed by atoms with Crippen LogP contribution < -0.4 is 19.7 Å². The lowest BCUT2D eigenvalue weighted by Crippen LogP contribution is -2.33. The molecule has 0 saturated heterocycles. The van der Waals surface area contributed by atoms with E-state index in [4.69, 9.17) is 9.47 Å². The molecule has 2 amide bonds. The predicted molar refractivity (Wildman–Crippen MR) is 120 cm³/mol. The molecule has 7 heteroatoms. The number of ether oxygens (including phenoxy) is 2. The Kier molecular flexibility index (Phi) is 5.64. The average Bonchev–Trinajstić information content (AvgIpc) is 3.04. The Balaban J connectivity index is 1.87. The summed E-state index contributed by atoms with van der Waals surface area (Å²) < 4.78 is 25.2. The van der Waals surface area contributed by atoms with E-state index in [0.717, 1.165) is 10.5 Å². The molecular formula is C25H21FN2O4. The van der Waals surface area contributed by atoms with Gasteiger partial charge in [-0.15, -0.1) is 0 Å². The van der Waals surface area contributed by atoms with Gasteiger partial charge < -0.3 is 14.8 Å². The van der Waals surface area contributed by atoms with Crippen LogP contribution in [0.15, 0.2) is 72.4 Å². The average molecular weight is 432 g/mol. The van der Waals surface area contributed by atoms with Crippen LogP contribution in [0, 0.1) is 12.7 Å². The zero-order valence-corrected chi connectivity index (χ0v) is 17.8. The molecule has 1 N–H and O–H groups in total. The molecule has 32 heavy (non-hydrogen) atoms. The normalized spacial score (nSPS) is 13.6. The van der Waals surface area contributed by atoms with Crippen molar-refractivity contribution in [3.05, 3.63) is 89.4 Å². The first-order chi connectivity index (χ1) is 15.4. The monoisotopic (exact) mass is 432 g/mol. The number of halogens is 1. The van der Waals surface area contributed by atoms with Gasteiger partial charge in [0.2, 0.25) is 0 Å². The number of methoxy groups -OCH3 is 2. The lowest BCUT2D eigenvalue weighted by molar-refractivity contribution is -0.120. The van der Waals surface area contributed by atoms with Gasteiger partial charge in [-0.1, -0.05) is 42.0 Å². The summed E-state index contributed by atoms with van der Waals surface area (Å²) in [5.41, 5.74) is 2.03. The number of anilines is 2. The van der Waals surface area contributed by atoms with E-state index in [0.29, 0.717) is 22.7 Å². The Morgan fingerprint density at radius 3 is 2.25 bits per heavy atom. The van der Waals surface area contributed by atoms with Crippen molar-refractivity contribution in [2.75, 3.05) is 24.4 Å². The van der Waals surface area contributed by atoms with Gasteiger partial charge in [0, 0.05) is 6.07 Å². The summed E-state index contributed by atoms with van der Waals surface area (Å²) in [6.07, 6.45) is 0. The zero-order valence-electron chi connectivity index (χ0n) is 17.8. The molecule has 4 rings (SSSR count). The van der Waals surface area contributed by atoms with Crippen molar-refractivity contribution in [1.82, 2.24) is 0 Å². The summed E-state index contributed by atoms with van der Waals surface area (Å²) in [6.45, 7) is 1.92. The fourth-order valence-corrected chi connectivity index (χ4v) is 3.53. The van der Waals surface area contributed by atoms with Gasteiger partial charge in [-0.2, -0.15) is 0 Å². The summed E-state index contributed by atoms with van der Waals surface area (Å²) in [7, 11) is 3.02. The smallest absolute Gasteiger partial charge is 0.282 e. The summed E-state index contributed by atoms with van der Waals surface area (Å²) in [6, 6.07) is 17.9. The van der Waals surface area contributed by atoms with Crippen molar-refractivity contribution in [1.29, 1.82) is 0 Å². The second-order valence-electron chi connectivity index (χ2n) is 7.20. The highest BCUT2D eigenvalue weighted by Gasteiger charge is 2.41. The van der Waals surface area contributed by atoms with Crippen molar-refractivity contribution in [2.24, 2.45) is 0 Å². The maximum Gasteiger partial charge on any atom is 0.282 e. The Bertz CT molecular complexity index is 1230. The highest BCUT2D eigenvalue weighted by molar-refractivity contribution is 6.46. The maximum absolute atomic E-state index is 14.5. The van der Waals surface area contributed by atoms with Gasteiger partial charge in [0.1, 0.15) is 23.0 Å². The van der Waals surface area contributed by atoms with Crippen molar-refractivity contribution in [3.8, 4) is 11.5 Å². The Morgan fingerprint density at radius 2 is 1.59 bits per heavy atom. The van der Waals surface area contributed by atoms with Gasteiger partial charge in [0.15, 0.2) is 0 Å². The van der Waals surface area contributed by atoms with E-state index in [-0.39, 0.29) is 17.0 Å². The van der Waals surface area contributed by atoms with E-state index in [9.17, 15) is 14.0 Å². The van der Waals surface area contributed by atoms with Crippen LogP contribution in [0.25, 0.3) is 5.57 Å². The Hall–Kier alpha value is -4.13. The van der Waals surface area contributed by atoms with E-state index in [1.54, 1.807) is 36.4 Å². The first-order valence-electron chi connectivity index (χ1n) is 9.88.